The highest BCUT2D eigenvalue weighted by molar-refractivity contribution is 9.10. The Hall–Kier alpha value is -0.190. The van der Waals surface area contributed by atoms with Crippen LogP contribution in [0.5, 0.6) is 0 Å². The molecule has 1 aliphatic rings. The van der Waals surface area contributed by atoms with Crippen LogP contribution in [0.1, 0.15) is 30.5 Å². The third-order valence-corrected chi connectivity index (χ3v) is 5.19. The van der Waals surface area contributed by atoms with Gasteiger partial charge < -0.3 is 5.32 Å². The van der Waals surface area contributed by atoms with Gasteiger partial charge in [-0.25, -0.2) is 0 Å². The van der Waals surface area contributed by atoms with E-state index in [-0.39, 0.29) is 5.25 Å². The smallest absolute Gasteiger partial charge is 0.0441 e. The van der Waals surface area contributed by atoms with Crippen molar-refractivity contribution in [2.24, 2.45) is 0 Å². The van der Waals surface area contributed by atoms with Crippen molar-refractivity contribution in [3.05, 3.63) is 33.8 Å². The number of benzene rings is 1. The number of halogens is 1. The fourth-order valence-electron chi connectivity index (χ4n) is 2.22. The minimum absolute atomic E-state index is 0.217. The van der Waals surface area contributed by atoms with E-state index in [0.29, 0.717) is 6.04 Å². The van der Waals surface area contributed by atoms with Crippen LogP contribution in [0.4, 0.5) is 0 Å². The zero-order chi connectivity index (χ0) is 12.4. The van der Waals surface area contributed by atoms with Crippen molar-refractivity contribution in [3.8, 4) is 0 Å². The van der Waals surface area contributed by atoms with Gasteiger partial charge in [0.15, 0.2) is 0 Å². The van der Waals surface area contributed by atoms with Crippen LogP contribution in [0.3, 0.4) is 0 Å². The third kappa shape index (κ3) is 3.18. The Morgan fingerprint density at radius 3 is 3.06 bits per heavy atom. The van der Waals surface area contributed by atoms with Gasteiger partial charge in [0.05, 0.1) is 0 Å². The van der Waals surface area contributed by atoms with E-state index in [4.69, 9.17) is 0 Å². The SMILES string of the molecule is CC(CNC1CCc2cc(Br)ccc21)S(C)=O. The van der Waals surface area contributed by atoms with E-state index in [0.717, 1.165) is 23.9 Å². The number of fused-ring (bicyclic) bond motifs is 1. The summed E-state index contributed by atoms with van der Waals surface area (Å²) in [6, 6.07) is 6.93. The minimum Gasteiger partial charge on any atom is -0.309 e. The second-order valence-corrected chi connectivity index (χ2v) is 7.37. The first-order valence-electron chi connectivity index (χ1n) is 5.92. The van der Waals surface area contributed by atoms with E-state index in [1.54, 1.807) is 6.26 Å². The maximum Gasteiger partial charge on any atom is 0.0441 e. The summed E-state index contributed by atoms with van der Waals surface area (Å²) in [4.78, 5) is 0. The van der Waals surface area contributed by atoms with E-state index in [1.165, 1.54) is 11.1 Å². The van der Waals surface area contributed by atoms with Crippen molar-refractivity contribution in [1.82, 2.24) is 5.32 Å². The zero-order valence-electron chi connectivity index (χ0n) is 10.2. The highest BCUT2D eigenvalue weighted by Gasteiger charge is 2.22. The number of nitrogens with one attached hydrogen (secondary N) is 1. The molecule has 1 aromatic carbocycles. The van der Waals surface area contributed by atoms with Gasteiger partial charge in [0.25, 0.3) is 0 Å². The highest BCUT2D eigenvalue weighted by atomic mass is 79.9. The molecule has 2 nitrogen and oxygen atoms in total. The molecule has 94 valence electrons. The minimum atomic E-state index is -0.742. The lowest BCUT2D eigenvalue weighted by atomic mass is 10.1. The predicted molar refractivity (Wildman–Crippen MR) is 76.7 cm³/mol. The average molecular weight is 316 g/mol. The topological polar surface area (TPSA) is 29.1 Å². The first-order valence-corrected chi connectivity index (χ1v) is 8.33. The van der Waals surface area contributed by atoms with E-state index in [2.05, 4.69) is 39.4 Å². The van der Waals surface area contributed by atoms with Crippen LogP contribution in [0.2, 0.25) is 0 Å². The first-order chi connectivity index (χ1) is 8.08. The van der Waals surface area contributed by atoms with Crippen molar-refractivity contribution >= 4 is 26.7 Å². The third-order valence-electron chi connectivity index (χ3n) is 3.40. The van der Waals surface area contributed by atoms with Gasteiger partial charge in [-0.15, -0.1) is 0 Å². The lowest BCUT2D eigenvalue weighted by Gasteiger charge is -2.16. The molecule has 0 radical (unpaired) electrons. The molecule has 0 bridgehead atoms. The van der Waals surface area contributed by atoms with Crippen molar-refractivity contribution in [3.63, 3.8) is 0 Å². The normalized spacial score (nSPS) is 22.2. The second kappa shape index (κ2) is 5.63. The molecule has 0 spiro atoms. The molecular formula is C13H18BrNOS. The average Bonchev–Trinajstić information content (AvgIpc) is 2.67. The van der Waals surface area contributed by atoms with Crippen LogP contribution in [-0.2, 0) is 17.2 Å². The van der Waals surface area contributed by atoms with Gasteiger partial charge >= 0.3 is 0 Å². The first kappa shape index (κ1) is 13.2. The van der Waals surface area contributed by atoms with Crippen LogP contribution in [-0.4, -0.2) is 22.3 Å². The highest BCUT2D eigenvalue weighted by Crippen LogP contribution is 2.32. The molecule has 17 heavy (non-hydrogen) atoms. The summed E-state index contributed by atoms with van der Waals surface area (Å²) < 4.78 is 12.5. The Balaban J connectivity index is 2.00. The summed E-state index contributed by atoms with van der Waals surface area (Å²) in [5.74, 6) is 0. The van der Waals surface area contributed by atoms with E-state index >= 15 is 0 Å². The maximum absolute atomic E-state index is 11.3. The van der Waals surface area contributed by atoms with Crippen molar-refractivity contribution < 1.29 is 4.21 Å². The molecule has 2 rings (SSSR count). The second-order valence-electron chi connectivity index (χ2n) is 4.65. The quantitative estimate of drug-likeness (QED) is 0.925. The molecule has 3 unspecified atom stereocenters. The Morgan fingerprint density at radius 1 is 1.59 bits per heavy atom. The van der Waals surface area contributed by atoms with Gasteiger partial charge in [-0.1, -0.05) is 22.0 Å². The van der Waals surface area contributed by atoms with Gasteiger partial charge in [0.1, 0.15) is 0 Å². The predicted octanol–water partition coefficient (Wildman–Crippen LogP) is 2.79. The molecule has 1 aliphatic carbocycles. The summed E-state index contributed by atoms with van der Waals surface area (Å²) in [5.41, 5.74) is 2.84. The molecular weight excluding hydrogens is 298 g/mol. The molecule has 1 aromatic rings. The van der Waals surface area contributed by atoms with Crippen LogP contribution < -0.4 is 5.32 Å². The molecule has 0 saturated carbocycles. The van der Waals surface area contributed by atoms with Gasteiger partial charge in [0, 0.05) is 39.4 Å². The largest absolute Gasteiger partial charge is 0.309 e. The molecule has 0 fully saturated rings. The molecule has 0 heterocycles. The van der Waals surface area contributed by atoms with Crippen molar-refractivity contribution in [2.75, 3.05) is 12.8 Å². The van der Waals surface area contributed by atoms with Gasteiger partial charge in [-0.05, 0) is 43.0 Å². The van der Waals surface area contributed by atoms with Crippen molar-refractivity contribution in [1.29, 1.82) is 0 Å². The fourth-order valence-corrected chi connectivity index (χ4v) is 2.96. The summed E-state index contributed by atoms with van der Waals surface area (Å²) >= 11 is 3.51. The van der Waals surface area contributed by atoms with Gasteiger partial charge in [0.2, 0.25) is 0 Å². The summed E-state index contributed by atoms with van der Waals surface area (Å²) in [5, 5.41) is 3.75. The Morgan fingerprint density at radius 2 is 2.35 bits per heavy atom. The number of rotatable bonds is 4. The molecule has 4 heteroatoms. The lowest BCUT2D eigenvalue weighted by Crippen LogP contribution is -2.30. The molecule has 1 N–H and O–H groups in total. The standard InChI is InChI=1S/C13H18BrNOS/c1-9(17(2)16)8-15-13-6-3-10-7-11(14)4-5-12(10)13/h4-5,7,9,13,15H,3,6,8H2,1-2H3. The fraction of sp³-hybridized carbons (Fsp3) is 0.538. The lowest BCUT2D eigenvalue weighted by molar-refractivity contribution is 0.529. The molecule has 0 aromatic heterocycles. The Kier molecular flexibility index (Phi) is 4.39. The summed E-state index contributed by atoms with van der Waals surface area (Å²) in [7, 11) is -0.742. The molecule has 0 saturated heterocycles. The maximum atomic E-state index is 11.3. The van der Waals surface area contributed by atoms with Crippen LogP contribution in [0, 0.1) is 0 Å². The Bertz CT molecular complexity index is 435. The van der Waals surface area contributed by atoms with Crippen molar-refractivity contribution in [2.45, 2.75) is 31.1 Å². The molecule has 0 aliphatic heterocycles. The molecule has 0 amide bonds. The van der Waals surface area contributed by atoms with Crippen LogP contribution in [0.25, 0.3) is 0 Å². The molecule has 3 atom stereocenters. The summed E-state index contributed by atoms with van der Waals surface area (Å²) in [6.45, 7) is 2.85. The van der Waals surface area contributed by atoms with Gasteiger partial charge in [-0.2, -0.15) is 0 Å². The van der Waals surface area contributed by atoms with E-state index < -0.39 is 10.8 Å². The summed E-state index contributed by atoms with van der Waals surface area (Å²) in [6.07, 6.45) is 4.05. The van der Waals surface area contributed by atoms with E-state index in [9.17, 15) is 4.21 Å². The monoisotopic (exact) mass is 315 g/mol. The van der Waals surface area contributed by atoms with Gasteiger partial charge in [-0.3, -0.25) is 4.21 Å². The number of aryl methyl sites for hydroxylation is 1. The Labute approximate surface area is 114 Å². The number of hydrogen-bond donors (Lipinski definition) is 1. The number of hydrogen-bond acceptors (Lipinski definition) is 2. The van der Waals surface area contributed by atoms with Crippen LogP contribution >= 0.6 is 15.9 Å². The van der Waals surface area contributed by atoms with E-state index in [1.807, 2.05) is 6.92 Å². The zero-order valence-corrected chi connectivity index (χ0v) is 12.6. The van der Waals surface area contributed by atoms with Crippen LogP contribution in [0.15, 0.2) is 22.7 Å².